The van der Waals surface area contributed by atoms with Crippen LogP contribution in [-0.4, -0.2) is 9.55 Å². The van der Waals surface area contributed by atoms with Crippen LogP contribution in [0, 0.1) is 4.77 Å². The van der Waals surface area contributed by atoms with Gasteiger partial charge in [-0.05, 0) is 31.1 Å². The van der Waals surface area contributed by atoms with E-state index < -0.39 is 0 Å². The number of thiophene rings is 1. The third kappa shape index (κ3) is 1.85. The molecular formula is C11H14N2OS2. The molecule has 0 aromatic carbocycles. The van der Waals surface area contributed by atoms with Gasteiger partial charge in [0, 0.05) is 11.4 Å². The number of aryl methyl sites for hydroxylation is 1. The molecule has 0 aliphatic rings. The van der Waals surface area contributed by atoms with Gasteiger partial charge in [-0.25, -0.2) is 0 Å². The summed E-state index contributed by atoms with van der Waals surface area (Å²) in [4.78, 5) is 17.4. The maximum absolute atomic E-state index is 12.2. The number of nitrogens with one attached hydrogen (secondary N) is 1. The minimum absolute atomic E-state index is 0.0385. The largest absolute Gasteiger partial charge is 0.323 e. The minimum atomic E-state index is 0.0385. The molecule has 3 nitrogen and oxygen atoms in total. The van der Waals surface area contributed by atoms with Crippen LogP contribution in [0.3, 0.4) is 0 Å². The fraction of sp³-hybridized carbons (Fsp3) is 0.455. The first-order valence-corrected chi connectivity index (χ1v) is 6.65. The zero-order valence-corrected chi connectivity index (χ0v) is 11.0. The Kier molecular flexibility index (Phi) is 3.25. The maximum atomic E-state index is 12.2. The highest BCUT2D eigenvalue weighted by atomic mass is 32.1. The van der Waals surface area contributed by atoms with E-state index in [1.54, 1.807) is 15.9 Å². The summed E-state index contributed by atoms with van der Waals surface area (Å²) in [6.45, 7) is 4.81. The molecule has 2 aromatic rings. The van der Waals surface area contributed by atoms with Gasteiger partial charge in [0.25, 0.3) is 5.56 Å². The molecule has 86 valence electrons. The number of hydrogen-bond donors (Lipinski definition) is 1. The zero-order valence-electron chi connectivity index (χ0n) is 9.37. The van der Waals surface area contributed by atoms with Crippen molar-refractivity contribution in [1.29, 1.82) is 0 Å². The molecule has 0 aliphatic carbocycles. The van der Waals surface area contributed by atoms with Crippen molar-refractivity contribution < 1.29 is 0 Å². The Morgan fingerprint density at radius 2 is 2.25 bits per heavy atom. The summed E-state index contributed by atoms with van der Waals surface area (Å²) in [6, 6.07) is 1.97. The molecule has 0 unspecified atom stereocenters. The van der Waals surface area contributed by atoms with E-state index in [0.29, 0.717) is 11.3 Å². The summed E-state index contributed by atoms with van der Waals surface area (Å²) >= 11 is 6.81. The molecule has 0 saturated carbocycles. The molecule has 5 heteroatoms. The smallest absolute Gasteiger partial charge is 0.263 e. The van der Waals surface area contributed by atoms with Crippen molar-refractivity contribution in [1.82, 2.24) is 9.55 Å². The monoisotopic (exact) mass is 254 g/mol. The second-order valence-electron chi connectivity index (χ2n) is 3.70. The molecular weight excluding hydrogens is 240 g/mol. The van der Waals surface area contributed by atoms with Gasteiger partial charge in [0.1, 0.15) is 4.83 Å². The standard InChI is InChI=1S/C11H14N2OS2/c1-3-5-13-10(14)8-6-7(4-2)16-9(8)12-11(13)15/h6H,3-5H2,1-2H3,(H,12,15). The highest BCUT2D eigenvalue weighted by Crippen LogP contribution is 2.21. The predicted molar refractivity (Wildman–Crippen MR) is 70.9 cm³/mol. The van der Waals surface area contributed by atoms with Crippen LogP contribution in [0.25, 0.3) is 10.2 Å². The lowest BCUT2D eigenvalue weighted by Crippen LogP contribution is -2.21. The van der Waals surface area contributed by atoms with E-state index in [9.17, 15) is 4.79 Å². The maximum Gasteiger partial charge on any atom is 0.263 e. The molecule has 0 bridgehead atoms. The Morgan fingerprint density at radius 3 is 2.88 bits per heavy atom. The molecule has 0 aliphatic heterocycles. The second kappa shape index (κ2) is 4.51. The third-order valence-corrected chi connectivity index (χ3v) is 4.04. The molecule has 0 fully saturated rings. The minimum Gasteiger partial charge on any atom is -0.323 e. The molecule has 16 heavy (non-hydrogen) atoms. The van der Waals surface area contributed by atoms with Gasteiger partial charge in [-0.1, -0.05) is 13.8 Å². The van der Waals surface area contributed by atoms with Crippen LogP contribution in [0.5, 0.6) is 0 Å². The quantitative estimate of drug-likeness (QED) is 0.855. The molecule has 2 heterocycles. The van der Waals surface area contributed by atoms with Crippen LogP contribution in [-0.2, 0) is 13.0 Å². The van der Waals surface area contributed by atoms with Gasteiger partial charge in [-0.3, -0.25) is 9.36 Å². The molecule has 2 rings (SSSR count). The molecule has 0 amide bonds. The van der Waals surface area contributed by atoms with Gasteiger partial charge in [0.15, 0.2) is 4.77 Å². The Morgan fingerprint density at radius 1 is 1.50 bits per heavy atom. The lowest BCUT2D eigenvalue weighted by Gasteiger charge is -2.03. The van der Waals surface area contributed by atoms with E-state index in [-0.39, 0.29) is 5.56 Å². The van der Waals surface area contributed by atoms with Gasteiger partial charge in [0.05, 0.1) is 5.39 Å². The van der Waals surface area contributed by atoms with E-state index in [1.165, 1.54) is 4.88 Å². The molecule has 0 radical (unpaired) electrons. The van der Waals surface area contributed by atoms with E-state index in [0.717, 1.165) is 23.1 Å². The van der Waals surface area contributed by atoms with Crippen molar-refractivity contribution in [2.24, 2.45) is 0 Å². The number of fused-ring (bicyclic) bond motifs is 1. The van der Waals surface area contributed by atoms with Gasteiger partial charge < -0.3 is 4.98 Å². The Labute approximate surface area is 103 Å². The van der Waals surface area contributed by atoms with Crippen molar-refractivity contribution in [3.8, 4) is 0 Å². The normalized spacial score (nSPS) is 11.1. The average molecular weight is 254 g/mol. The van der Waals surface area contributed by atoms with Crippen LogP contribution in [0.2, 0.25) is 0 Å². The number of H-pyrrole nitrogens is 1. The number of aromatic amines is 1. The van der Waals surface area contributed by atoms with Crippen molar-refractivity contribution >= 4 is 33.8 Å². The first-order chi connectivity index (χ1) is 7.67. The SMILES string of the molecule is CCCn1c(=S)[nH]c2sc(CC)cc2c1=O. The Bertz CT molecular complexity index is 621. The Hall–Kier alpha value is -0.940. The number of hydrogen-bond acceptors (Lipinski definition) is 3. The van der Waals surface area contributed by atoms with Crippen LogP contribution in [0.4, 0.5) is 0 Å². The first kappa shape index (κ1) is 11.5. The number of rotatable bonds is 3. The third-order valence-electron chi connectivity index (χ3n) is 2.52. The van der Waals surface area contributed by atoms with Gasteiger partial charge in [-0.15, -0.1) is 11.3 Å². The lowest BCUT2D eigenvalue weighted by atomic mass is 10.3. The molecule has 2 aromatic heterocycles. The summed E-state index contributed by atoms with van der Waals surface area (Å²) in [6.07, 6.45) is 1.86. The molecule has 0 spiro atoms. The number of aromatic nitrogens is 2. The van der Waals surface area contributed by atoms with Crippen LogP contribution in [0.1, 0.15) is 25.1 Å². The summed E-state index contributed by atoms with van der Waals surface area (Å²) in [5, 5.41) is 0.768. The van der Waals surface area contributed by atoms with E-state index in [4.69, 9.17) is 12.2 Å². The highest BCUT2D eigenvalue weighted by molar-refractivity contribution is 7.71. The summed E-state index contributed by atoms with van der Waals surface area (Å²) < 4.78 is 2.17. The van der Waals surface area contributed by atoms with Crippen molar-refractivity contribution in [3.63, 3.8) is 0 Å². The second-order valence-corrected chi connectivity index (χ2v) is 5.22. The Balaban J connectivity index is 2.76. The van der Waals surface area contributed by atoms with E-state index >= 15 is 0 Å². The van der Waals surface area contributed by atoms with Crippen LogP contribution in [0.15, 0.2) is 10.9 Å². The van der Waals surface area contributed by atoms with Crippen molar-refractivity contribution in [3.05, 3.63) is 26.1 Å². The summed E-state index contributed by atoms with van der Waals surface area (Å²) in [7, 11) is 0. The van der Waals surface area contributed by atoms with Gasteiger partial charge in [-0.2, -0.15) is 0 Å². The van der Waals surface area contributed by atoms with Gasteiger partial charge >= 0.3 is 0 Å². The van der Waals surface area contributed by atoms with Gasteiger partial charge in [0.2, 0.25) is 0 Å². The first-order valence-electron chi connectivity index (χ1n) is 5.43. The fourth-order valence-corrected chi connectivity index (χ4v) is 3.03. The van der Waals surface area contributed by atoms with Crippen molar-refractivity contribution in [2.45, 2.75) is 33.2 Å². The fourth-order valence-electron chi connectivity index (χ4n) is 1.70. The topological polar surface area (TPSA) is 37.8 Å². The lowest BCUT2D eigenvalue weighted by molar-refractivity contribution is 0.639. The van der Waals surface area contributed by atoms with E-state index in [2.05, 4.69) is 11.9 Å². The van der Waals surface area contributed by atoms with Crippen LogP contribution < -0.4 is 5.56 Å². The summed E-state index contributed by atoms with van der Waals surface area (Å²) in [5.41, 5.74) is 0.0385. The molecule has 0 saturated heterocycles. The molecule has 1 N–H and O–H groups in total. The zero-order chi connectivity index (χ0) is 11.7. The summed E-state index contributed by atoms with van der Waals surface area (Å²) in [5.74, 6) is 0. The highest BCUT2D eigenvalue weighted by Gasteiger charge is 2.08. The van der Waals surface area contributed by atoms with Crippen molar-refractivity contribution in [2.75, 3.05) is 0 Å². The predicted octanol–water partition coefficient (Wildman–Crippen LogP) is 3.09. The molecule has 0 atom stereocenters. The van der Waals surface area contributed by atoms with Crippen LogP contribution >= 0.6 is 23.6 Å². The average Bonchev–Trinajstić information content (AvgIpc) is 2.67. The number of nitrogens with zero attached hydrogens (tertiary/aromatic N) is 1. The van der Waals surface area contributed by atoms with E-state index in [1.807, 2.05) is 13.0 Å².